The van der Waals surface area contributed by atoms with Gasteiger partial charge in [0.1, 0.15) is 23.0 Å². The number of methoxy groups -OCH3 is 4. The van der Waals surface area contributed by atoms with Crippen molar-refractivity contribution in [1.82, 2.24) is 5.01 Å². The van der Waals surface area contributed by atoms with Gasteiger partial charge in [-0.1, -0.05) is 0 Å². The van der Waals surface area contributed by atoms with Gasteiger partial charge in [-0.3, -0.25) is 9.59 Å². The van der Waals surface area contributed by atoms with Crippen LogP contribution in [0.5, 0.6) is 23.0 Å². The van der Waals surface area contributed by atoms with Gasteiger partial charge in [-0.2, -0.15) is 5.10 Å². The molecule has 0 aromatic heterocycles. The van der Waals surface area contributed by atoms with E-state index < -0.39 is 12.0 Å². The minimum absolute atomic E-state index is 0.0628. The molecule has 1 atom stereocenters. The highest BCUT2D eigenvalue weighted by Gasteiger charge is 2.35. The van der Waals surface area contributed by atoms with Gasteiger partial charge in [0.2, 0.25) is 5.91 Å². The van der Waals surface area contributed by atoms with Gasteiger partial charge in [0.15, 0.2) is 0 Å². The summed E-state index contributed by atoms with van der Waals surface area (Å²) in [4.78, 5) is 24.0. The number of nitrogens with zero attached hydrogens (tertiary/aromatic N) is 2. The molecule has 0 saturated heterocycles. The fourth-order valence-electron chi connectivity index (χ4n) is 3.74. The normalized spacial score (nSPS) is 15.1. The van der Waals surface area contributed by atoms with Crippen molar-refractivity contribution in [2.45, 2.75) is 31.7 Å². The lowest BCUT2D eigenvalue weighted by Gasteiger charge is -2.24. The Morgan fingerprint density at radius 2 is 1.61 bits per heavy atom. The van der Waals surface area contributed by atoms with E-state index in [-0.39, 0.29) is 25.2 Å². The van der Waals surface area contributed by atoms with E-state index in [2.05, 4.69) is 5.10 Å². The fourth-order valence-corrected chi connectivity index (χ4v) is 3.74. The number of hydrogen-bond acceptors (Lipinski definition) is 7. The third kappa shape index (κ3) is 5.54. The van der Waals surface area contributed by atoms with Gasteiger partial charge in [0.25, 0.3) is 0 Å². The lowest BCUT2D eigenvalue weighted by Crippen LogP contribution is -2.27. The third-order valence-electron chi connectivity index (χ3n) is 5.43. The SMILES string of the molecule is COc1cc(OC)cc(C2=NN(C(=O)CCCC(=O)O)C(c3cc(OC)ccc3OC)C2)c1. The van der Waals surface area contributed by atoms with E-state index in [9.17, 15) is 9.59 Å². The molecule has 0 bridgehead atoms. The van der Waals surface area contributed by atoms with Crippen LogP contribution in [0.15, 0.2) is 41.5 Å². The molecular weight excluding hydrogens is 428 g/mol. The molecule has 3 rings (SSSR count). The largest absolute Gasteiger partial charge is 0.497 e. The van der Waals surface area contributed by atoms with Crippen molar-refractivity contribution >= 4 is 17.6 Å². The van der Waals surface area contributed by atoms with Crippen LogP contribution in [0.3, 0.4) is 0 Å². The Hall–Kier alpha value is -3.75. The number of carboxylic acids is 1. The molecule has 1 aliphatic rings. The zero-order chi connectivity index (χ0) is 24.0. The zero-order valence-corrected chi connectivity index (χ0v) is 19.2. The number of benzene rings is 2. The highest BCUT2D eigenvalue weighted by atomic mass is 16.5. The fraction of sp³-hybridized carbons (Fsp3) is 0.375. The van der Waals surface area contributed by atoms with E-state index in [0.29, 0.717) is 35.1 Å². The number of ether oxygens (including phenoxy) is 4. The number of carbonyl (C=O) groups excluding carboxylic acids is 1. The summed E-state index contributed by atoms with van der Waals surface area (Å²) in [5.41, 5.74) is 2.18. The first-order chi connectivity index (χ1) is 15.9. The molecule has 176 valence electrons. The first-order valence-corrected chi connectivity index (χ1v) is 10.5. The summed E-state index contributed by atoms with van der Waals surface area (Å²) in [5, 5.41) is 15.0. The molecule has 9 heteroatoms. The van der Waals surface area contributed by atoms with Crippen molar-refractivity contribution in [1.29, 1.82) is 0 Å². The number of aliphatic carboxylic acids is 1. The maximum atomic E-state index is 13.1. The van der Waals surface area contributed by atoms with E-state index in [1.807, 2.05) is 18.2 Å². The molecule has 2 aromatic carbocycles. The van der Waals surface area contributed by atoms with Crippen LogP contribution < -0.4 is 18.9 Å². The predicted molar refractivity (Wildman–Crippen MR) is 121 cm³/mol. The van der Waals surface area contributed by atoms with Gasteiger partial charge in [0.05, 0.1) is 40.2 Å². The molecule has 2 aromatic rings. The molecule has 1 aliphatic heterocycles. The molecule has 1 heterocycles. The van der Waals surface area contributed by atoms with Crippen molar-refractivity contribution in [3.8, 4) is 23.0 Å². The first-order valence-electron chi connectivity index (χ1n) is 10.5. The number of rotatable bonds is 10. The molecular formula is C24H28N2O7. The first kappa shape index (κ1) is 23.9. The van der Waals surface area contributed by atoms with Crippen molar-refractivity contribution in [3.05, 3.63) is 47.5 Å². The maximum absolute atomic E-state index is 13.1. The Bertz CT molecular complexity index is 1030. The van der Waals surface area contributed by atoms with Gasteiger partial charge in [0, 0.05) is 36.5 Å². The van der Waals surface area contributed by atoms with Crippen LogP contribution in [0, 0.1) is 0 Å². The van der Waals surface area contributed by atoms with E-state index in [1.54, 1.807) is 46.6 Å². The number of amides is 1. The molecule has 33 heavy (non-hydrogen) atoms. The second kappa shape index (κ2) is 10.7. The maximum Gasteiger partial charge on any atom is 0.303 e. The number of hydrazone groups is 1. The topological polar surface area (TPSA) is 107 Å². The Morgan fingerprint density at radius 3 is 2.18 bits per heavy atom. The second-order valence-corrected chi connectivity index (χ2v) is 7.46. The van der Waals surface area contributed by atoms with Crippen LogP contribution in [-0.4, -0.2) is 56.1 Å². The third-order valence-corrected chi connectivity index (χ3v) is 5.43. The van der Waals surface area contributed by atoms with Crippen molar-refractivity contribution in [2.75, 3.05) is 28.4 Å². The van der Waals surface area contributed by atoms with Crippen LogP contribution in [-0.2, 0) is 9.59 Å². The summed E-state index contributed by atoms with van der Waals surface area (Å²) in [6, 6.07) is 10.4. The molecule has 0 spiro atoms. The van der Waals surface area contributed by atoms with Gasteiger partial charge in [-0.15, -0.1) is 0 Å². The van der Waals surface area contributed by atoms with Gasteiger partial charge in [-0.25, -0.2) is 5.01 Å². The standard InChI is InChI=1S/C24H28N2O7/c1-30-16-8-9-22(33-4)19(13-16)21-14-20(15-10-17(31-2)12-18(11-15)32-3)25-26(21)23(27)6-5-7-24(28)29/h8-13,21H,5-7,14H2,1-4H3,(H,28,29). The summed E-state index contributed by atoms with van der Waals surface area (Å²) in [6.07, 6.45) is 0.624. The van der Waals surface area contributed by atoms with Gasteiger partial charge < -0.3 is 24.1 Å². The van der Waals surface area contributed by atoms with E-state index in [1.165, 1.54) is 5.01 Å². The Morgan fingerprint density at radius 1 is 0.939 bits per heavy atom. The van der Waals surface area contributed by atoms with Gasteiger partial charge in [-0.05, 0) is 36.8 Å². The molecule has 0 fully saturated rings. The summed E-state index contributed by atoms with van der Waals surface area (Å²) >= 11 is 0. The van der Waals surface area contributed by atoms with Crippen LogP contribution >= 0.6 is 0 Å². The highest BCUT2D eigenvalue weighted by Crippen LogP contribution is 2.40. The van der Waals surface area contributed by atoms with Gasteiger partial charge >= 0.3 is 5.97 Å². The Kier molecular flexibility index (Phi) is 7.76. The number of hydrogen-bond donors (Lipinski definition) is 1. The molecule has 1 unspecified atom stereocenters. The molecule has 0 radical (unpaired) electrons. The minimum atomic E-state index is -0.942. The quantitative estimate of drug-likeness (QED) is 0.581. The number of carbonyl (C=O) groups is 2. The minimum Gasteiger partial charge on any atom is -0.497 e. The smallest absolute Gasteiger partial charge is 0.303 e. The van der Waals surface area contributed by atoms with Crippen molar-refractivity contribution < 1.29 is 33.6 Å². The Balaban J connectivity index is 2.01. The lowest BCUT2D eigenvalue weighted by atomic mass is 9.97. The van der Waals surface area contributed by atoms with Crippen LogP contribution in [0.2, 0.25) is 0 Å². The lowest BCUT2D eigenvalue weighted by molar-refractivity contribution is -0.137. The molecule has 0 aliphatic carbocycles. The average Bonchev–Trinajstić information content (AvgIpc) is 3.28. The molecule has 9 nitrogen and oxygen atoms in total. The summed E-state index contributed by atoms with van der Waals surface area (Å²) < 4.78 is 21.7. The summed E-state index contributed by atoms with van der Waals surface area (Å²) in [6.45, 7) is 0. The second-order valence-electron chi connectivity index (χ2n) is 7.46. The molecule has 1 amide bonds. The van der Waals surface area contributed by atoms with E-state index in [0.717, 1.165) is 11.1 Å². The van der Waals surface area contributed by atoms with E-state index >= 15 is 0 Å². The van der Waals surface area contributed by atoms with Crippen LogP contribution in [0.1, 0.15) is 42.9 Å². The summed E-state index contributed by atoms with van der Waals surface area (Å²) in [7, 11) is 6.27. The molecule has 0 saturated carbocycles. The highest BCUT2D eigenvalue weighted by molar-refractivity contribution is 6.04. The number of carboxylic acid groups (broad SMARTS) is 1. The average molecular weight is 456 g/mol. The van der Waals surface area contributed by atoms with E-state index in [4.69, 9.17) is 24.1 Å². The van der Waals surface area contributed by atoms with Crippen molar-refractivity contribution in [2.24, 2.45) is 5.10 Å². The van der Waals surface area contributed by atoms with Crippen LogP contribution in [0.25, 0.3) is 0 Å². The monoisotopic (exact) mass is 456 g/mol. The summed E-state index contributed by atoms with van der Waals surface area (Å²) in [5.74, 6) is 1.23. The molecule has 1 N–H and O–H groups in total. The van der Waals surface area contributed by atoms with Crippen LogP contribution in [0.4, 0.5) is 0 Å². The van der Waals surface area contributed by atoms with Crippen molar-refractivity contribution in [3.63, 3.8) is 0 Å². The zero-order valence-electron chi connectivity index (χ0n) is 19.2. The predicted octanol–water partition coefficient (Wildman–Crippen LogP) is 3.65. The Labute approximate surface area is 192 Å².